The fraction of sp³-hybridized carbons (Fsp3) is 0.680. The van der Waals surface area contributed by atoms with Crippen LogP contribution in [0.25, 0.3) is 0 Å². The van der Waals surface area contributed by atoms with Gasteiger partial charge in [-0.1, -0.05) is 0 Å². The maximum absolute atomic E-state index is 14.9. The number of hydrogen-bond donors (Lipinski definition) is 3. The van der Waals surface area contributed by atoms with E-state index in [0.29, 0.717) is 56.1 Å². The van der Waals surface area contributed by atoms with Crippen LogP contribution >= 0.6 is 0 Å². The molecule has 2 saturated heterocycles. The first-order valence-electron chi connectivity index (χ1n) is 12.6. The lowest BCUT2D eigenvalue weighted by Gasteiger charge is -2.34. The lowest BCUT2D eigenvalue weighted by molar-refractivity contribution is 0.0491. The first-order valence-corrected chi connectivity index (χ1v) is 12.6. The van der Waals surface area contributed by atoms with E-state index < -0.39 is 17.7 Å². The van der Waals surface area contributed by atoms with Crippen LogP contribution in [0.15, 0.2) is 12.1 Å². The molecule has 0 saturated carbocycles. The molecule has 0 spiro atoms. The van der Waals surface area contributed by atoms with Crippen molar-refractivity contribution in [2.75, 3.05) is 53.1 Å². The van der Waals surface area contributed by atoms with Gasteiger partial charge in [-0.2, -0.15) is 0 Å². The van der Waals surface area contributed by atoms with Gasteiger partial charge in [0.2, 0.25) is 0 Å². The average molecular weight is 513 g/mol. The van der Waals surface area contributed by atoms with E-state index in [1.807, 2.05) is 0 Å². The number of urea groups is 1. The van der Waals surface area contributed by atoms with Gasteiger partial charge in [0.15, 0.2) is 0 Å². The average Bonchev–Trinajstić information content (AvgIpc) is 2.87. The second-order valence-electron chi connectivity index (χ2n) is 9.45. The molecule has 36 heavy (non-hydrogen) atoms. The van der Waals surface area contributed by atoms with Gasteiger partial charge in [-0.15, -0.1) is 0 Å². The Morgan fingerprint density at radius 2 is 2.08 bits per heavy atom. The fourth-order valence-electron chi connectivity index (χ4n) is 4.89. The molecule has 2 heterocycles. The Bertz CT molecular complexity index is 869. The summed E-state index contributed by atoms with van der Waals surface area (Å²) in [5.74, 6) is -1.22. The number of nitrogens with two attached hydrogens (primary N) is 1. The monoisotopic (exact) mass is 512 g/mol. The van der Waals surface area contributed by atoms with E-state index in [1.54, 1.807) is 4.90 Å². The van der Waals surface area contributed by atoms with Crippen molar-refractivity contribution in [3.05, 3.63) is 34.9 Å². The third-order valence-electron chi connectivity index (χ3n) is 6.63. The Morgan fingerprint density at radius 3 is 2.83 bits per heavy atom. The zero-order valence-corrected chi connectivity index (χ0v) is 20.9. The molecule has 4 N–H and O–H groups in total. The molecule has 2 aliphatic heterocycles. The van der Waals surface area contributed by atoms with Crippen LogP contribution in [0.5, 0.6) is 0 Å². The summed E-state index contributed by atoms with van der Waals surface area (Å²) in [6, 6.07) is 1.72. The third-order valence-corrected chi connectivity index (χ3v) is 6.63. The van der Waals surface area contributed by atoms with Crippen molar-refractivity contribution < 1.29 is 32.6 Å². The van der Waals surface area contributed by atoms with Gasteiger partial charge in [0.1, 0.15) is 18.2 Å². The number of benzene rings is 1. The van der Waals surface area contributed by atoms with E-state index >= 15 is 0 Å². The molecule has 0 radical (unpaired) electrons. The number of likely N-dealkylation sites (tertiary alicyclic amines) is 1. The van der Waals surface area contributed by atoms with Crippen LogP contribution in [0.4, 0.5) is 18.4 Å². The first kappa shape index (κ1) is 28.1. The second-order valence-corrected chi connectivity index (χ2v) is 9.45. The number of piperidine rings is 1. The number of alkyl carbamates (subject to hydrolysis) is 1. The zero-order valence-electron chi connectivity index (χ0n) is 20.9. The normalized spacial score (nSPS) is 21.1. The molecular weight excluding hydrogens is 474 g/mol. The van der Waals surface area contributed by atoms with Gasteiger partial charge in [0.25, 0.3) is 0 Å². The van der Waals surface area contributed by atoms with Gasteiger partial charge in [0, 0.05) is 57.9 Å². The Labute approximate surface area is 211 Å². The minimum absolute atomic E-state index is 0.0140. The Balaban J connectivity index is 1.54. The van der Waals surface area contributed by atoms with Gasteiger partial charge in [-0.3, -0.25) is 0 Å². The predicted molar refractivity (Wildman–Crippen MR) is 130 cm³/mol. The van der Waals surface area contributed by atoms with E-state index in [4.69, 9.17) is 19.9 Å². The molecule has 1 aromatic carbocycles. The van der Waals surface area contributed by atoms with Gasteiger partial charge in [-0.05, 0) is 55.2 Å². The Kier molecular flexibility index (Phi) is 11.1. The summed E-state index contributed by atoms with van der Waals surface area (Å²) in [7, 11) is 1.44. The molecule has 11 heteroatoms. The standard InChI is InChI=1S/C25H38F2N4O5/c1-29-25(33)36-9-8-35-16-19-11-20(26)12-22(27)23(19)18-5-2-6-31(14-18)24(32)30-13-21(28)10-17-4-3-7-34-15-17/h11-12,17-18,21H,2-10,13-16,28H2,1H3,(H,29,33)(H,30,32)/t17-,18-,21-/m0/s1. The molecule has 3 rings (SSSR count). The van der Waals surface area contributed by atoms with Crippen molar-refractivity contribution in [3.63, 3.8) is 0 Å². The fourth-order valence-corrected chi connectivity index (χ4v) is 4.89. The molecule has 2 aliphatic rings. The lowest BCUT2D eigenvalue weighted by atomic mass is 9.87. The van der Waals surface area contributed by atoms with E-state index in [0.717, 1.165) is 31.9 Å². The van der Waals surface area contributed by atoms with Crippen molar-refractivity contribution in [2.24, 2.45) is 11.7 Å². The summed E-state index contributed by atoms with van der Waals surface area (Å²) in [6.07, 6.45) is 3.70. The van der Waals surface area contributed by atoms with E-state index in [9.17, 15) is 18.4 Å². The largest absolute Gasteiger partial charge is 0.447 e. The van der Waals surface area contributed by atoms with Crippen LogP contribution in [-0.4, -0.2) is 76.2 Å². The molecule has 0 aromatic heterocycles. The molecular formula is C25H38F2N4O5. The number of rotatable bonds is 10. The summed E-state index contributed by atoms with van der Waals surface area (Å²) >= 11 is 0. The Morgan fingerprint density at radius 1 is 1.25 bits per heavy atom. The number of hydrogen-bond acceptors (Lipinski definition) is 6. The number of halogens is 2. The number of carbonyl (C=O) groups excluding carboxylic acids is 2. The predicted octanol–water partition coefficient (Wildman–Crippen LogP) is 2.87. The molecule has 2 fully saturated rings. The summed E-state index contributed by atoms with van der Waals surface area (Å²) in [6.45, 7) is 2.80. The summed E-state index contributed by atoms with van der Waals surface area (Å²) in [5, 5.41) is 5.23. The molecule has 0 unspecified atom stereocenters. The molecule has 9 nitrogen and oxygen atoms in total. The van der Waals surface area contributed by atoms with E-state index in [2.05, 4.69) is 10.6 Å². The molecule has 1 aromatic rings. The van der Waals surface area contributed by atoms with Crippen LogP contribution in [0.2, 0.25) is 0 Å². The second kappa shape index (κ2) is 14.3. The topological polar surface area (TPSA) is 115 Å². The highest BCUT2D eigenvalue weighted by molar-refractivity contribution is 5.74. The minimum atomic E-state index is -0.695. The van der Waals surface area contributed by atoms with Gasteiger partial charge in [-0.25, -0.2) is 18.4 Å². The van der Waals surface area contributed by atoms with Gasteiger partial charge < -0.3 is 35.5 Å². The highest BCUT2D eigenvalue weighted by Crippen LogP contribution is 2.32. The number of nitrogens with zero attached hydrogens (tertiary/aromatic N) is 1. The van der Waals surface area contributed by atoms with E-state index in [1.165, 1.54) is 13.1 Å². The maximum Gasteiger partial charge on any atom is 0.406 e. The number of carbonyl (C=O) groups is 2. The number of amides is 3. The molecule has 0 aliphatic carbocycles. The van der Waals surface area contributed by atoms with Crippen molar-refractivity contribution in [1.82, 2.24) is 15.5 Å². The molecule has 3 atom stereocenters. The third kappa shape index (κ3) is 8.56. The summed E-state index contributed by atoms with van der Waals surface area (Å²) in [5.41, 5.74) is 6.97. The highest BCUT2D eigenvalue weighted by atomic mass is 19.1. The minimum Gasteiger partial charge on any atom is -0.447 e. The molecule has 0 bridgehead atoms. The Hall–Kier alpha value is -2.50. The highest BCUT2D eigenvalue weighted by Gasteiger charge is 2.29. The smallest absolute Gasteiger partial charge is 0.406 e. The molecule has 202 valence electrons. The van der Waals surface area contributed by atoms with Crippen LogP contribution in [-0.2, 0) is 20.8 Å². The summed E-state index contributed by atoms with van der Waals surface area (Å²) in [4.78, 5) is 25.6. The van der Waals surface area contributed by atoms with E-state index in [-0.39, 0.29) is 37.8 Å². The SMILES string of the molecule is CNC(=O)OCCOCc1cc(F)cc(F)c1[C@H]1CCCN(C(=O)NC[C@@H](N)C[C@@H]2CCCOC2)C1. The van der Waals surface area contributed by atoms with Crippen LogP contribution in [0, 0.1) is 17.6 Å². The van der Waals surface area contributed by atoms with Crippen molar-refractivity contribution in [3.8, 4) is 0 Å². The maximum atomic E-state index is 14.9. The number of nitrogens with one attached hydrogen (secondary N) is 2. The van der Waals surface area contributed by atoms with Crippen LogP contribution in [0.3, 0.4) is 0 Å². The zero-order chi connectivity index (χ0) is 25.9. The lowest BCUT2D eigenvalue weighted by Crippen LogP contribution is -2.48. The summed E-state index contributed by atoms with van der Waals surface area (Å²) < 4.78 is 44.8. The number of ether oxygens (including phenoxy) is 3. The van der Waals surface area contributed by atoms with Crippen molar-refractivity contribution >= 4 is 12.1 Å². The first-order chi connectivity index (χ1) is 17.4. The molecule has 3 amide bonds. The van der Waals surface area contributed by atoms with Gasteiger partial charge in [0.05, 0.1) is 13.2 Å². The quantitative estimate of drug-likeness (QED) is 0.416. The van der Waals surface area contributed by atoms with Crippen molar-refractivity contribution in [1.29, 1.82) is 0 Å². The van der Waals surface area contributed by atoms with Crippen LogP contribution in [0.1, 0.15) is 49.1 Å². The van der Waals surface area contributed by atoms with Crippen molar-refractivity contribution in [2.45, 2.75) is 50.7 Å². The van der Waals surface area contributed by atoms with Crippen LogP contribution < -0.4 is 16.4 Å². The van der Waals surface area contributed by atoms with Gasteiger partial charge >= 0.3 is 12.1 Å².